The van der Waals surface area contributed by atoms with Crippen molar-refractivity contribution in [3.05, 3.63) is 71.0 Å². The van der Waals surface area contributed by atoms with Crippen molar-refractivity contribution in [1.29, 1.82) is 0 Å². The maximum absolute atomic E-state index is 13.0. The van der Waals surface area contributed by atoms with Gasteiger partial charge >= 0.3 is 5.97 Å². The summed E-state index contributed by atoms with van der Waals surface area (Å²) in [6, 6.07) is 12.1. The maximum atomic E-state index is 13.0. The molecule has 0 heterocycles. The quantitative estimate of drug-likeness (QED) is 0.758. The number of hydrogen-bond acceptors (Lipinski definition) is 3. The largest absolute Gasteiger partial charge is 0.481 e. The molecule has 0 aliphatic carbocycles. The molecule has 5 nitrogen and oxygen atoms in total. The normalized spacial score (nSPS) is 12.0. The Bertz CT molecular complexity index is 741. The molecule has 0 bridgehead atoms. The van der Waals surface area contributed by atoms with Gasteiger partial charge in [0.1, 0.15) is 5.82 Å². The van der Waals surface area contributed by atoms with Crippen LogP contribution in [0.5, 0.6) is 0 Å². The third kappa shape index (κ3) is 5.67. The highest BCUT2D eigenvalue weighted by molar-refractivity contribution is 5.94. The van der Waals surface area contributed by atoms with Gasteiger partial charge in [0.2, 0.25) is 0 Å². The van der Waals surface area contributed by atoms with Crippen LogP contribution in [0.15, 0.2) is 48.5 Å². The van der Waals surface area contributed by atoms with Crippen molar-refractivity contribution in [3.63, 3.8) is 0 Å². The van der Waals surface area contributed by atoms with Crippen LogP contribution in [0, 0.1) is 5.82 Å². The van der Waals surface area contributed by atoms with Crippen LogP contribution in [0.4, 0.5) is 4.39 Å². The number of aliphatic carboxylic acids is 1. The van der Waals surface area contributed by atoms with Gasteiger partial charge in [-0.2, -0.15) is 0 Å². The van der Waals surface area contributed by atoms with E-state index in [0.717, 1.165) is 5.56 Å². The summed E-state index contributed by atoms with van der Waals surface area (Å²) in [6.45, 7) is 4.27. The van der Waals surface area contributed by atoms with Gasteiger partial charge in [-0.25, -0.2) is 4.39 Å². The predicted molar refractivity (Wildman–Crippen MR) is 95.5 cm³/mol. The van der Waals surface area contributed by atoms with Crippen molar-refractivity contribution < 1.29 is 23.8 Å². The van der Waals surface area contributed by atoms with Crippen molar-refractivity contribution in [2.75, 3.05) is 6.54 Å². The lowest BCUT2D eigenvalue weighted by molar-refractivity contribution is -0.138. The first-order valence-corrected chi connectivity index (χ1v) is 8.34. The lowest BCUT2D eigenvalue weighted by Gasteiger charge is -2.14. The van der Waals surface area contributed by atoms with Crippen LogP contribution < -0.4 is 5.32 Å². The molecule has 0 aliphatic heterocycles. The van der Waals surface area contributed by atoms with Crippen LogP contribution in [-0.4, -0.2) is 29.6 Å². The number of rotatable bonds is 8. The summed E-state index contributed by atoms with van der Waals surface area (Å²) in [6.07, 6.45) is 0.123. The molecule has 0 spiro atoms. The lowest BCUT2D eigenvalue weighted by atomic mass is 9.99. The summed E-state index contributed by atoms with van der Waals surface area (Å²) in [5.41, 5.74) is 1.81. The molecule has 0 saturated carbocycles. The molecule has 6 heteroatoms. The van der Waals surface area contributed by atoms with Gasteiger partial charge in [0.15, 0.2) is 0 Å². The molecule has 2 aromatic rings. The van der Waals surface area contributed by atoms with E-state index in [9.17, 15) is 19.1 Å². The lowest BCUT2D eigenvalue weighted by Crippen LogP contribution is -2.31. The van der Waals surface area contributed by atoms with Crippen LogP contribution in [0.25, 0.3) is 0 Å². The van der Waals surface area contributed by atoms with E-state index >= 15 is 0 Å². The molecule has 0 aromatic heterocycles. The SMILES string of the molecule is CC(C)OCc1ccc(C(=O)NCC(C(=O)O)c2ccc(F)cc2)cc1. The number of hydrogen-bond donors (Lipinski definition) is 2. The Labute approximate surface area is 151 Å². The zero-order valence-corrected chi connectivity index (χ0v) is 14.7. The molecular weight excluding hydrogens is 337 g/mol. The number of carbonyl (C=O) groups is 2. The summed E-state index contributed by atoms with van der Waals surface area (Å²) in [4.78, 5) is 23.7. The molecule has 0 aliphatic rings. The molecule has 0 fully saturated rings. The number of amides is 1. The second-order valence-electron chi connectivity index (χ2n) is 6.21. The van der Waals surface area contributed by atoms with Gasteiger partial charge in [-0.3, -0.25) is 9.59 Å². The average molecular weight is 359 g/mol. The highest BCUT2D eigenvalue weighted by atomic mass is 19.1. The minimum atomic E-state index is -1.09. The summed E-state index contributed by atoms with van der Waals surface area (Å²) < 4.78 is 18.5. The minimum absolute atomic E-state index is 0.0853. The van der Waals surface area contributed by atoms with E-state index in [2.05, 4.69) is 5.32 Å². The van der Waals surface area contributed by atoms with Crippen molar-refractivity contribution in [2.45, 2.75) is 32.5 Å². The fourth-order valence-electron chi connectivity index (χ4n) is 2.35. The number of ether oxygens (including phenoxy) is 1. The molecule has 2 rings (SSSR count). The van der Waals surface area contributed by atoms with Crippen molar-refractivity contribution in [3.8, 4) is 0 Å². The van der Waals surface area contributed by atoms with Crippen LogP contribution in [0.2, 0.25) is 0 Å². The van der Waals surface area contributed by atoms with Gasteiger partial charge in [-0.05, 0) is 49.2 Å². The monoisotopic (exact) mass is 359 g/mol. The molecule has 0 saturated heterocycles. The van der Waals surface area contributed by atoms with E-state index in [1.165, 1.54) is 24.3 Å². The molecule has 1 unspecified atom stereocenters. The van der Waals surface area contributed by atoms with E-state index in [-0.39, 0.29) is 18.6 Å². The average Bonchev–Trinajstić information content (AvgIpc) is 2.61. The van der Waals surface area contributed by atoms with Crippen LogP contribution in [-0.2, 0) is 16.1 Å². The maximum Gasteiger partial charge on any atom is 0.312 e. The Morgan fingerprint density at radius 1 is 1.08 bits per heavy atom. The van der Waals surface area contributed by atoms with Crippen molar-refractivity contribution >= 4 is 11.9 Å². The zero-order chi connectivity index (χ0) is 19.1. The molecule has 2 N–H and O–H groups in total. The van der Waals surface area contributed by atoms with Crippen LogP contribution in [0.3, 0.4) is 0 Å². The summed E-state index contributed by atoms with van der Waals surface area (Å²) in [5, 5.41) is 12.0. The number of halogens is 1. The van der Waals surface area contributed by atoms with E-state index in [1.54, 1.807) is 24.3 Å². The van der Waals surface area contributed by atoms with E-state index in [1.807, 2.05) is 13.8 Å². The molecule has 2 aromatic carbocycles. The summed E-state index contributed by atoms with van der Waals surface area (Å²) in [7, 11) is 0. The van der Waals surface area contributed by atoms with Crippen molar-refractivity contribution in [2.24, 2.45) is 0 Å². The fourth-order valence-corrected chi connectivity index (χ4v) is 2.35. The summed E-state index contributed by atoms with van der Waals surface area (Å²) in [5.74, 6) is -2.84. The van der Waals surface area contributed by atoms with Gasteiger partial charge in [0, 0.05) is 12.1 Å². The molecule has 0 radical (unpaired) electrons. The zero-order valence-electron chi connectivity index (χ0n) is 14.7. The van der Waals surface area contributed by atoms with E-state index in [4.69, 9.17) is 4.74 Å². The number of carboxylic acids is 1. The van der Waals surface area contributed by atoms with Gasteiger partial charge in [0.25, 0.3) is 5.91 Å². The first-order chi connectivity index (χ1) is 12.4. The number of benzene rings is 2. The smallest absolute Gasteiger partial charge is 0.312 e. The molecular formula is C20H22FNO4. The van der Waals surface area contributed by atoms with Crippen molar-refractivity contribution in [1.82, 2.24) is 5.32 Å². The predicted octanol–water partition coefficient (Wildman–Crippen LogP) is 3.35. The van der Waals surface area contributed by atoms with Crippen LogP contribution in [0.1, 0.15) is 41.3 Å². The molecule has 26 heavy (non-hydrogen) atoms. The highest BCUT2D eigenvalue weighted by Gasteiger charge is 2.21. The van der Waals surface area contributed by atoms with Gasteiger partial charge < -0.3 is 15.2 Å². The summed E-state index contributed by atoms with van der Waals surface area (Å²) >= 11 is 0. The number of nitrogens with one attached hydrogen (secondary N) is 1. The Hall–Kier alpha value is -2.73. The third-order valence-electron chi connectivity index (χ3n) is 3.84. The Balaban J connectivity index is 1.97. The minimum Gasteiger partial charge on any atom is -0.481 e. The van der Waals surface area contributed by atoms with Crippen LogP contribution >= 0.6 is 0 Å². The number of carbonyl (C=O) groups excluding carboxylic acids is 1. The standard InChI is InChI=1S/C20H22FNO4/c1-13(2)26-12-14-3-5-16(6-4-14)19(23)22-11-18(20(24)25)15-7-9-17(21)10-8-15/h3-10,13,18H,11-12H2,1-2H3,(H,22,23)(H,24,25). The second kappa shape index (κ2) is 9.10. The molecule has 1 amide bonds. The Morgan fingerprint density at radius 3 is 2.23 bits per heavy atom. The molecule has 1 atom stereocenters. The second-order valence-corrected chi connectivity index (χ2v) is 6.21. The van der Waals surface area contributed by atoms with Gasteiger partial charge in [-0.1, -0.05) is 24.3 Å². The number of carboxylic acid groups (broad SMARTS) is 1. The third-order valence-corrected chi connectivity index (χ3v) is 3.84. The fraction of sp³-hybridized carbons (Fsp3) is 0.300. The van der Waals surface area contributed by atoms with E-state index < -0.39 is 17.7 Å². The highest BCUT2D eigenvalue weighted by Crippen LogP contribution is 2.16. The van der Waals surface area contributed by atoms with Gasteiger partial charge in [-0.15, -0.1) is 0 Å². The first kappa shape index (κ1) is 19.6. The first-order valence-electron chi connectivity index (χ1n) is 8.34. The molecule has 138 valence electrons. The topological polar surface area (TPSA) is 75.6 Å². The van der Waals surface area contributed by atoms with Gasteiger partial charge in [0.05, 0.1) is 18.6 Å². The Kier molecular flexibility index (Phi) is 6.86. The Morgan fingerprint density at radius 2 is 1.69 bits per heavy atom. The van der Waals surface area contributed by atoms with E-state index in [0.29, 0.717) is 17.7 Å².